The Labute approximate surface area is 117 Å². The summed E-state index contributed by atoms with van der Waals surface area (Å²) in [7, 11) is 0. The highest BCUT2D eigenvalue weighted by Gasteiger charge is 2.23. The summed E-state index contributed by atoms with van der Waals surface area (Å²) in [6.45, 7) is 5.75. The topological polar surface area (TPSA) is 12.0 Å². The molecule has 1 nitrogen and oxygen atoms in total. The molecule has 1 heterocycles. The molecular formula is C14H22BrNS. The monoisotopic (exact) mass is 315 g/mol. The Morgan fingerprint density at radius 3 is 2.94 bits per heavy atom. The van der Waals surface area contributed by atoms with Crippen molar-refractivity contribution in [3.8, 4) is 0 Å². The summed E-state index contributed by atoms with van der Waals surface area (Å²) in [6, 6.07) is 2.87. The van der Waals surface area contributed by atoms with Crippen molar-refractivity contribution in [3.05, 3.63) is 20.8 Å². The van der Waals surface area contributed by atoms with E-state index in [1.165, 1.54) is 35.0 Å². The molecule has 1 saturated carbocycles. The third kappa shape index (κ3) is 3.80. The van der Waals surface area contributed by atoms with Crippen LogP contribution in [0, 0.1) is 11.8 Å². The van der Waals surface area contributed by atoms with E-state index in [0.717, 1.165) is 24.4 Å². The average Bonchev–Trinajstić information content (AvgIpc) is 2.72. The third-order valence-electron chi connectivity index (χ3n) is 3.90. The van der Waals surface area contributed by atoms with Crippen molar-refractivity contribution in [1.82, 2.24) is 5.32 Å². The second-order valence-corrected chi connectivity index (χ2v) is 7.30. The number of nitrogens with one attached hydrogen (secondary N) is 1. The van der Waals surface area contributed by atoms with Crippen molar-refractivity contribution < 1.29 is 0 Å². The van der Waals surface area contributed by atoms with Gasteiger partial charge in [-0.1, -0.05) is 26.7 Å². The summed E-state index contributed by atoms with van der Waals surface area (Å²) in [5.41, 5.74) is 0. The fourth-order valence-electron chi connectivity index (χ4n) is 2.71. The lowest BCUT2D eigenvalue weighted by Gasteiger charge is -2.32. The van der Waals surface area contributed by atoms with Crippen LogP contribution in [-0.2, 0) is 6.54 Å². The maximum Gasteiger partial charge on any atom is 0.0327 e. The van der Waals surface area contributed by atoms with Gasteiger partial charge in [0, 0.05) is 21.9 Å². The van der Waals surface area contributed by atoms with Crippen molar-refractivity contribution in [2.24, 2.45) is 11.8 Å². The Balaban J connectivity index is 1.81. The molecule has 96 valence electrons. The van der Waals surface area contributed by atoms with Crippen LogP contribution >= 0.6 is 27.3 Å². The molecule has 0 aromatic carbocycles. The van der Waals surface area contributed by atoms with Gasteiger partial charge < -0.3 is 5.32 Å². The van der Waals surface area contributed by atoms with Gasteiger partial charge in [-0.05, 0) is 52.1 Å². The summed E-state index contributed by atoms with van der Waals surface area (Å²) in [6.07, 6.45) is 5.54. The molecular weight excluding hydrogens is 294 g/mol. The maximum atomic E-state index is 3.73. The minimum absolute atomic E-state index is 0.727. The average molecular weight is 316 g/mol. The lowest BCUT2D eigenvalue weighted by Crippen LogP contribution is -2.34. The van der Waals surface area contributed by atoms with Crippen LogP contribution in [0.1, 0.15) is 44.4 Å². The highest BCUT2D eigenvalue weighted by atomic mass is 79.9. The van der Waals surface area contributed by atoms with Crippen LogP contribution in [-0.4, -0.2) is 6.04 Å². The summed E-state index contributed by atoms with van der Waals surface area (Å²) < 4.78 is 1.26. The Bertz CT molecular complexity index is 348. The SMILES string of the molecule is CC(C)C1CCCC(NCc2sccc2Br)C1. The van der Waals surface area contributed by atoms with Crippen LogP contribution in [0.3, 0.4) is 0 Å². The Morgan fingerprint density at radius 2 is 2.29 bits per heavy atom. The molecule has 1 aliphatic carbocycles. The summed E-state index contributed by atoms with van der Waals surface area (Å²) >= 11 is 5.43. The Morgan fingerprint density at radius 1 is 1.47 bits per heavy atom. The van der Waals surface area contributed by atoms with Crippen molar-refractivity contribution in [2.75, 3.05) is 0 Å². The first-order valence-electron chi connectivity index (χ1n) is 6.62. The fraction of sp³-hybridized carbons (Fsp3) is 0.714. The van der Waals surface area contributed by atoms with Crippen LogP contribution in [0.5, 0.6) is 0 Å². The highest BCUT2D eigenvalue weighted by Crippen LogP contribution is 2.30. The first kappa shape index (κ1) is 13.6. The fourth-order valence-corrected chi connectivity index (χ4v) is 4.15. The lowest BCUT2D eigenvalue weighted by molar-refractivity contribution is 0.231. The third-order valence-corrected chi connectivity index (χ3v) is 5.83. The number of halogens is 1. The largest absolute Gasteiger partial charge is 0.309 e. The molecule has 0 bridgehead atoms. The zero-order valence-corrected chi connectivity index (χ0v) is 13.1. The summed E-state index contributed by atoms with van der Waals surface area (Å²) in [5.74, 6) is 1.76. The quantitative estimate of drug-likeness (QED) is 0.840. The van der Waals surface area contributed by atoms with E-state index in [1.54, 1.807) is 0 Å². The summed E-state index contributed by atoms with van der Waals surface area (Å²) in [5, 5.41) is 5.88. The van der Waals surface area contributed by atoms with Gasteiger partial charge in [-0.15, -0.1) is 11.3 Å². The molecule has 2 unspecified atom stereocenters. The minimum Gasteiger partial charge on any atom is -0.309 e. The smallest absolute Gasteiger partial charge is 0.0327 e. The number of thiophene rings is 1. The predicted molar refractivity (Wildman–Crippen MR) is 79.4 cm³/mol. The van der Waals surface area contributed by atoms with Gasteiger partial charge in [0.2, 0.25) is 0 Å². The second-order valence-electron chi connectivity index (χ2n) is 5.44. The molecule has 1 aromatic heterocycles. The number of hydrogen-bond acceptors (Lipinski definition) is 2. The van der Waals surface area contributed by atoms with E-state index < -0.39 is 0 Å². The molecule has 1 fully saturated rings. The minimum atomic E-state index is 0.727. The van der Waals surface area contributed by atoms with E-state index in [2.05, 4.69) is 46.5 Å². The van der Waals surface area contributed by atoms with Gasteiger partial charge in [-0.2, -0.15) is 0 Å². The first-order chi connectivity index (χ1) is 8.16. The normalized spacial score (nSPS) is 25.4. The molecule has 0 radical (unpaired) electrons. The van der Waals surface area contributed by atoms with E-state index in [1.807, 2.05) is 11.3 Å². The second kappa shape index (κ2) is 6.35. The van der Waals surface area contributed by atoms with Crippen LogP contribution < -0.4 is 5.32 Å². The zero-order chi connectivity index (χ0) is 12.3. The van der Waals surface area contributed by atoms with E-state index in [-0.39, 0.29) is 0 Å². The van der Waals surface area contributed by atoms with Crippen LogP contribution in [0.25, 0.3) is 0 Å². The van der Waals surface area contributed by atoms with Gasteiger partial charge in [0.05, 0.1) is 0 Å². The van der Waals surface area contributed by atoms with Crippen LogP contribution in [0.4, 0.5) is 0 Å². The number of hydrogen-bond donors (Lipinski definition) is 1. The van der Waals surface area contributed by atoms with E-state index in [0.29, 0.717) is 0 Å². The van der Waals surface area contributed by atoms with Gasteiger partial charge in [0.25, 0.3) is 0 Å². The Kier molecular flexibility index (Phi) is 5.07. The van der Waals surface area contributed by atoms with Crippen LogP contribution in [0.2, 0.25) is 0 Å². The first-order valence-corrected chi connectivity index (χ1v) is 8.29. The van der Waals surface area contributed by atoms with Gasteiger partial charge in [0.1, 0.15) is 0 Å². The molecule has 0 spiro atoms. The molecule has 1 aliphatic rings. The highest BCUT2D eigenvalue weighted by molar-refractivity contribution is 9.10. The van der Waals surface area contributed by atoms with E-state index in [9.17, 15) is 0 Å². The number of rotatable bonds is 4. The van der Waals surface area contributed by atoms with Crippen molar-refractivity contribution >= 4 is 27.3 Å². The molecule has 0 saturated heterocycles. The lowest BCUT2D eigenvalue weighted by atomic mass is 9.79. The van der Waals surface area contributed by atoms with E-state index in [4.69, 9.17) is 0 Å². The van der Waals surface area contributed by atoms with Gasteiger partial charge in [0.15, 0.2) is 0 Å². The van der Waals surface area contributed by atoms with Gasteiger partial charge >= 0.3 is 0 Å². The molecule has 0 aliphatic heterocycles. The maximum absolute atomic E-state index is 3.73. The van der Waals surface area contributed by atoms with E-state index >= 15 is 0 Å². The van der Waals surface area contributed by atoms with Crippen molar-refractivity contribution in [1.29, 1.82) is 0 Å². The molecule has 3 heteroatoms. The van der Waals surface area contributed by atoms with Crippen molar-refractivity contribution in [2.45, 2.75) is 52.1 Å². The van der Waals surface area contributed by atoms with Crippen molar-refractivity contribution in [3.63, 3.8) is 0 Å². The Hall–Kier alpha value is 0.140. The predicted octanol–water partition coefficient (Wildman–Crippen LogP) is 4.82. The van der Waals surface area contributed by atoms with Gasteiger partial charge in [-0.3, -0.25) is 0 Å². The molecule has 1 N–H and O–H groups in total. The molecule has 17 heavy (non-hydrogen) atoms. The zero-order valence-electron chi connectivity index (χ0n) is 10.7. The van der Waals surface area contributed by atoms with Gasteiger partial charge in [-0.25, -0.2) is 0 Å². The standard InChI is InChI=1S/C14H22BrNS/c1-10(2)11-4-3-5-12(8-11)16-9-14-13(15)6-7-17-14/h6-7,10-12,16H,3-5,8-9H2,1-2H3. The molecule has 1 aromatic rings. The molecule has 0 amide bonds. The molecule has 2 atom stereocenters. The molecule has 2 rings (SSSR count). The summed E-state index contributed by atoms with van der Waals surface area (Å²) in [4.78, 5) is 1.43. The van der Waals surface area contributed by atoms with Crippen LogP contribution in [0.15, 0.2) is 15.9 Å².